The Kier molecular flexibility index (Phi) is 6.38. The van der Waals surface area contributed by atoms with Gasteiger partial charge in [-0.3, -0.25) is 4.79 Å². The Labute approximate surface area is 152 Å². The Morgan fingerprint density at radius 3 is 2.50 bits per heavy atom. The van der Waals surface area contributed by atoms with Crippen molar-refractivity contribution in [2.45, 2.75) is 13.0 Å². The van der Waals surface area contributed by atoms with Gasteiger partial charge < -0.3 is 19.5 Å². The number of anilines is 1. The quantitative estimate of drug-likeness (QED) is 0.637. The first-order chi connectivity index (χ1) is 12.4. The van der Waals surface area contributed by atoms with Crippen LogP contribution in [0.4, 0.5) is 5.69 Å². The van der Waals surface area contributed by atoms with Crippen LogP contribution in [0.2, 0.25) is 0 Å². The number of ether oxygens (including phenoxy) is 2. The minimum atomic E-state index is -0.924. The van der Waals surface area contributed by atoms with Gasteiger partial charge in [0.1, 0.15) is 0 Å². The van der Waals surface area contributed by atoms with E-state index in [0.29, 0.717) is 17.0 Å². The van der Waals surface area contributed by atoms with E-state index in [-0.39, 0.29) is 11.7 Å². The largest absolute Gasteiger partial charge is 0.504 e. The number of likely N-dealkylation sites (N-methyl/N-ethyl adjacent to an activating group) is 1. The summed E-state index contributed by atoms with van der Waals surface area (Å²) in [6.45, 7) is 1.52. The number of phenolic OH excluding ortho intramolecular Hbond substituents is 1. The third-order valence-corrected chi connectivity index (χ3v) is 3.73. The van der Waals surface area contributed by atoms with Gasteiger partial charge in [-0.05, 0) is 42.8 Å². The number of esters is 1. The van der Waals surface area contributed by atoms with Crippen molar-refractivity contribution in [3.05, 3.63) is 60.2 Å². The average molecular weight is 355 g/mol. The molecule has 0 radical (unpaired) electrons. The standard InChI is InChI=1S/C20H21NO5/c1-14(20(24)21(2)16-7-5-4-6-8-16)26-19(23)12-10-15-9-11-17(22)18(13-15)25-3/h4-14,22H,1-3H3/b12-10+. The molecule has 0 heterocycles. The summed E-state index contributed by atoms with van der Waals surface area (Å²) in [5.74, 6) is -0.660. The van der Waals surface area contributed by atoms with Gasteiger partial charge in [0.25, 0.3) is 5.91 Å². The molecule has 6 heteroatoms. The van der Waals surface area contributed by atoms with Crippen molar-refractivity contribution in [1.29, 1.82) is 0 Å². The Morgan fingerprint density at radius 2 is 1.85 bits per heavy atom. The monoisotopic (exact) mass is 355 g/mol. The van der Waals surface area contributed by atoms with E-state index in [2.05, 4.69) is 0 Å². The van der Waals surface area contributed by atoms with Crippen LogP contribution in [0.25, 0.3) is 6.08 Å². The summed E-state index contributed by atoms with van der Waals surface area (Å²) >= 11 is 0. The molecule has 0 saturated heterocycles. The van der Waals surface area contributed by atoms with Crippen molar-refractivity contribution in [2.24, 2.45) is 0 Å². The van der Waals surface area contributed by atoms with Crippen molar-refractivity contribution >= 4 is 23.6 Å². The van der Waals surface area contributed by atoms with Crippen LogP contribution < -0.4 is 9.64 Å². The Balaban J connectivity index is 1.97. The molecule has 1 unspecified atom stereocenters. The number of phenols is 1. The van der Waals surface area contributed by atoms with Gasteiger partial charge in [-0.1, -0.05) is 24.3 Å². The molecular weight excluding hydrogens is 334 g/mol. The number of hydrogen-bond acceptors (Lipinski definition) is 5. The second kappa shape index (κ2) is 8.71. The van der Waals surface area contributed by atoms with E-state index < -0.39 is 12.1 Å². The zero-order valence-corrected chi connectivity index (χ0v) is 14.9. The van der Waals surface area contributed by atoms with Gasteiger partial charge in [0.15, 0.2) is 17.6 Å². The van der Waals surface area contributed by atoms with Crippen molar-refractivity contribution in [1.82, 2.24) is 0 Å². The fourth-order valence-electron chi connectivity index (χ4n) is 2.28. The summed E-state index contributed by atoms with van der Waals surface area (Å²) in [6.07, 6.45) is 1.81. The molecule has 2 aromatic rings. The maximum atomic E-state index is 12.4. The molecule has 136 valence electrons. The minimum Gasteiger partial charge on any atom is -0.504 e. The van der Waals surface area contributed by atoms with E-state index in [1.54, 1.807) is 31.3 Å². The molecule has 2 aromatic carbocycles. The second-order valence-electron chi connectivity index (χ2n) is 5.58. The molecule has 1 N–H and O–H groups in total. The van der Waals surface area contributed by atoms with Crippen LogP contribution in [-0.2, 0) is 14.3 Å². The Bertz CT molecular complexity index is 801. The molecule has 2 rings (SSSR count). The van der Waals surface area contributed by atoms with Crippen LogP contribution in [-0.4, -0.2) is 37.2 Å². The van der Waals surface area contributed by atoms with Crippen LogP contribution in [0.15, 0.2) is 54.6 Å². The highest BCUT2D eigenvalue weighted by atomic mass is 16.5. The third kappa shape index (κ3) is 4.86. The van der Waals surface area contributed by atoms with Crippen molar-refractivity contribution in [3.8, 4) is 11.5 Å². The van der Waals surface area contributed by atoms with Crippen molar-refractivity contribution < 1.29 is 24.2 Å². The van der Waals surface area contributed by atoms with Gasteiger partial charge in [0.2, 0.25) is 0 Å². The highest BCUT2D eigenvalue weighted by Crippen LogP contribution is 2.26. The molecule has 0 spiro atoms. The van der Waals surface area contributed by atoms with Gasteiger partial charge in [-0.15, -0.1) is 0 Å². The van der Waals surface area contributed by atoms with Gasteiger partial charge >= 0.3 is 5.97 Å². The van der Waals surface area contributed by atoms with E-state index in [1.165, 1.54) is 37.2 Å². The van der Waals surface area contributed by atoms with Crippen LogP contribution in [0.5, 0.6) is 11.5 Å². The van der Waals surface area contributed by atoms with E-state index in [1.807, 2.05) is 18.2 Å². The molecule has 0 bridgehead atoms. The van der Waals surface area contributed by atoms with E-state index in [9.17, 15) is 14.7 Å². The predicted octanol–water partition coefficient (Wildman–Crippen LogP) is 3.01. The van der Waals surface area contributed by atoms with Gasteiger partial charge in [0.05, 0.1) is 7.11 Å². The first-order valence-corrected chi connectivity index (χ1v) is 8.00. The van der Waals surface area contributed by atoms with E-state index >= 15 is 0 Å². The molecule has 1 amide bonds. The van der Waals surface area contributed by atoms with Gasteiger partial charge in [-0.25, -0.2) is 4.79 Å². The molecule has 1 atom stereocenters. The molecule has 26 heavy (non-hydrogen) atoms. The van der Waals surface area contributed by atoms with Crippen LogP contribution >= 0.6 is 0 Å². The van der Waals surface area contributed by atoms with E-state index in [0.717, 1.165) is 0 Å². The first-order valence-electron chi connectivity index (χ1n) is 8.00. The smallest absolute Gasteiger partial charge is 0.331 e. The van der Waals surface area contributed by atoms with Crippen molar-refractivity contribution in [2.75, 3.05) is 19.1 Å². The lowest BCUT2D eigenvalue weighted by Gasteiger charge is -2.21. The summed E-state index contributed by atoms with van der Waals surface area (Å²) in [4.78, 5) is 25.7. The van der Waals surface area contributed by atoms with Crippen molar-refractivity contribution in [3.63, 3.8) is 0 Å². The lowest BCUT2D eigenvalue weighted by molar-refractivity contribution is -0.148. The number of carbonyl (C=O) groups is 2. The highest BCUT2D eigenvalue weighted by molar-refractivity contribution is 5.98. The molecule has 0 saturated carbocycles. The molecular formula is C20H21NO5. The molecule has 0 aliphatic carbocycles. The summed E-state index contributed by atoms with van der Waals surface area (Å²) in [7, 11) is 3.06. The number of rotatable bonds is 6. The van der Waals surface area contributed by atoms with Crippen LogP contribution in [0, 0.1) is 0 Å². The summed E-state index contributed by atoms with van der Waals surface area (Å²) in [5.41, 5.74) is 1.36. The van der Waals surface area contributed by atoms with Gasteiger partial charge in [-0.2, -0.15) is 0 Å². The average Bonchev–Trinajstić information content (AvgIpc) is 2.66. The fraction of sp³-hybridized carbons (Fsp3) is 0.200. The fourth-order valence-corrected chi connectivity index (χ4v) is 2.28. The second-order valence-corrected chi connectivity index (χ2v) is 5.58. The lowest BCUT2D eigenvalue weighted by Crippen LogP contribution is -2.37. The topological polar surface area (TPSA) is 76.1 Å². The zero-order valence-electron chi connectivity index (χ0n) is 14.9. The third-order valence-electron chi connectivity index (χ3n) is 3.73. The number of aromatic hydroxyl groups is 1. The summed E-state index contributed by atoms with van der Waals surface area (Å²) in [6, 6.07) is 13.8. The highest BCUT2D eigenvalue weighted by Gasteiger charge is 2.21. The normalized spacial score (nSPS) is 11.8. The van der Waals surface area contributed by atoms with Gasteiger partial charge in [0, 0.05) is 18.8 Å². The minimum absolute atomic E-state index is 0.00962. The summed E-state index contributed by atoms with van der Waals surface area (Å²) < 4.78 is 10.2. The number of nitrogens with zero attached hydrogens (tertiary/aromatic N) is 1. The first kappa shape index (κ1) is 19.1. The van der Waals surface area contributed by atoms with Crippen LogP contribution in [0.3, 0.4) is 0 Å². The number of hydrogen-bond donors (Lipinski definition) is 1. The maximum absolute atomic E-state index is 12.4. The Hall–Kier alpha value is -3.28. The number of carbonyl (C=O) groups excluding carboxylic acids is 2. The molecule has 0 aliphatic rings. The maximum Gasteiger partial charge on any atom is 0.331 e. The number of methoxy groups -OCH3 is 1. The SMILES string of the molecule is COc1cc(/C=C/C(=O)OC(C)C(=O)N(C)c2ccccc2)ccc1O. The molecule has 6 nitrogen and oxygen atoms in total. The lowest BCUT2D eigenvalue weighted by atomic mass is 10.2. The van der Waals surface area contributed by atoms with E-state index in [4.69, 9.17) is 9.47 Å². The predicted molar refractivity (Wildman–Crippen MR) is 99.1 cm³/mol. The number of amides is 1. The molecule has 0 fully saturated rings. The summed E-state index contributed by atoms with van der Waals surface area (Å²) in [5, 5.41) is 9.56. The zero-order chi connectivity index (χ0) is 19.1. The number of para-hydroxylation sites is 1. The number of benzene rings is 2. The molecule has 0 aliphatic heterocycles. The van der Waals surface area contributed by atoms with Crippen LogP contribution in [0.1, 0.15) is 12.5 Å². The molecule has 0 aromatic heterocycles. The Morgan fingerprint density at radius 1 is 1.15 bits per heavy atom.